The zero-order valence-corrected chi connectivity index (χ0v) is 18.5. The van der Waals surface area contributed by atoms with E-state index >= 15 is 0 Å². The molecular weight excluding hydrogens is 400 g/mol. The number of benzene rings is 2. The van der Waals surface area contributed by atoms with Gasteiger partial charge in [0.1, 0.15) is 0 Å². The number of hydrogen-bond acceptors (Lipinski definition) is 4. The minimum Gasteiger partial charge on any atom is -0.353 e. The first-order valence-corrected chi connectivity index (χ1v) is 11.3. The van der Waals surface area contributed by atoms with Crippen LogP contribution in [-0.2, 0) is 11.3 Å². The topological polar surface area (TPSA) is 88.5 Å². The molecule has 4 aromatic rings. The molecule has 0 bridgehead atoms. The molecule has 1 aliphatic rings. The number of amides is 1. The van der Waals surface area contributed by atoms with E-state index in [0.29, 0.717) is 12.3 Å². The van der Waals surface area contributed by atoms with E-state index in [4.69, 9.17) is 0 Å². The van der Waals surface area contributed by atoms with Crippen molar-refractivity contribution >= 4 is 16.8 Å². The van der Waals surface area contributed by atoms with Gasteiger partial charge in [-0.1, -0.05) is 36.4 Å². The first-order chi connectivity index (χ1) is 15.6. The number of aryl methyl sites for hydroxylation is 1. The lowest BCUT2D eigenvalue weighted by molar-refractivity contribution is -0.121. The van der Waals surface area contributed by atoms with Crippen LogP contribution in [0.5, 0.6) is 0 Å². The average Bonchev–Trinajstić information content (AvgIpc) is 3.55. The number of aromatic nitrogens is 5. The third kappa shape index (κ3) is 4.02. The first kappa shape index (κ1) is 20.4. The number of hydrogen-bond donors (Lipinski definition) is 2. The standard InChI is InChI=1S/C25H28N6O/c1-3-25(32)28-21-9-4-17(11-21)15-31-24(14-27-30-31)19-7-5-18(6-8-19)22-12-20-13-26-29-23(20)10-16(22)2/h5-8,10,12-14,17,21H,3-4,9,11,15H2,1-2H3,(H,26,29)(H,28,32)/t17?,21-/m0/s1. The summed E-state index contributed by atoms with van der Waals surface area (Å²) < 4.78 is 2.01. The quantitative estimate of drug-likeness (QED) is 0.474. The fraction of sp³-hybridized carbons (Fsp3) is 0.360. The highest BCUT2D eigenvalue weighted by Crippen LogP contribution is 2.31. The van der Waals surface area contributed by atoms with Crippen molar-refractivity contribution in [1.82, 2.24) is 30.5 Å². The normalized spacial score (nSPS) is 18.3. The van der Waals surface area contributed by atoms with Crippen molar-refractivity contribution in [2.75, 3.05) is 0 Å². The predicted octanol–water partition coefficient (Wildman–Crippen LogP) is 4.49. The summed E-state index contributed by atoms with van der Waals surface area (Å²) in [5.41, 5.74) is 6.80. The van der Waals surface area contributed by atoms with E-state index < -0.39 is 0 Å². The summed E-state index contributed by atoms with van der Waals surface area (Å²) in [6, 6.07) is 13.2. The van der Waals surface area contributed by atoms with Crippen LogP contribution in [0.15, 0.2) is 48.8 Å². The summed E-state index contributed by atoms with van der Waals surface area (Å²) in [4.78, 5) is 11.7. The van der Waals surface area contributed by atoms with Gasteiger partial charge in [0, 0.05) is 30.0 Å². The van der Waals surface area contributed by atoms with Crippen LogP contribution >= 0.6 is 0 Å². The second-order valence-electron chi connectivity index (χ2n) is 8.80. The minimum absolute atomic E-state index is 0.138. The Morgan fingerprint density at radius 2 is 1.97 bits per heavy atom. The Bertz CT molecular complexity index is 1240. The molecule has 2 aromatic carbocycles. The second-order valence-corrected chi connectivity index (χ2v) is 8.80. The molecule has 164 valence electrons. The maximum atomic E-state index is 11.7. The van der Waals surface area contributed by atoms with E-state index in [-0.39, 0.29) is 11.9 Å². The molecule has 7 heteroatoms. The van der Waals surface area contributed by atoms with Gasteiger partial charge in [-0.2, -0.15) is 5.10 Å². The van der Waals surface area contributed by atoms with Gasteiger partial charge in [-0.3, -0.25) is 9.89 Å². The Labute approximate surface area is 187 Å². The Hall–Kier alpha value is -3.48. The van der Waals surface area contributed by atoms with E-state index in [1.165, 1.54) is 16.7 Å². The third-order valence-corrected chi connectivity index (χ3v) is 6.55. The number of nitrogens with zero attached hydrogens (tertiary/aromatic N) is 4. The van der Waals surface area contributed by atoms with Crippen molar-refractivity contribution in [1.29, 1.82) is 0 Å². The monoisotopic (exact) mass is 428 g/mol. The molecule has 1 unspecified atom stereocenters. The number of aromatic amines is 1. The fourth-order valence-electron chi connectivity index (χ4n) is 4.79. The van der Waals surface area contributed by atoms with Crippen molar-refractivity contribution in [3.05, 3.63) is 54.4 Å². The lowest BCUT2D eigenvalue weighted by atomic mass is 9.97. The molecule has 1 saturated carbocycles. The summed E-state index contributed by atoms with van der Waals surface area (Å²) in [7, 11) is 0. The van der Waals surface area contributed by atoms with Gasteiger partial charge in [0.25, 0.3) is 0 Å². The molecule has 0 radical (unpaired) electrons. The Kier molecular flexibility index (Phi) is 5.47. The second kappa shape index (κ2) is 8.57. The highest BCUT2D eigenvalue weighted by atomic mass is 16.1. The maximum Gasteiger partial charge on any atom is 0.219 e. The number of carbonyl (C=O) groups is 1. The lowest BCUT2D eigenvalue weighted by Crippen LogP contribution is -2.32. The molecule has 2 N–H and O–H groups in total. The number of nitrogens with one attached hydrogen (secondary N) is 2. The zero-order valence-electron chi connectivity index (χ0n) is 18.5. The van der Waals surface area contributed by atoms with Crippen LogP contribution in [0.25, 0.3) is 33.3 Å². The van der Waals surface area contributed by atoms with Crippen molar-refractivity contribution in [3.63, 3.8) is 0 Å². The number of rotatable bonds is 6. The molecule has 5 rings (SSSR count). The summed E-state index contributed by atoms with van der Waals surface area (Å²) in [5, 5.41) is 19.9. The number of fused-ring (bicyclic) bond motifs is 1. The molecule has 2 atom stereocenters. The Balaban J connectivity index is 1.32. The smallest absolute Gasteiger partial charge is 0.219 e. The van der Waals surface area contributed by atoms with E-state index in [1.54, 1.807) is 0 Å². The molecule has 32 heavy (non-hydrogen) atoms. The molecule has 0 saturated heterocycles. The Morgan fingerprint density at radius 3 is 2.78 bits per heavy atom. The molecule has 2 aromatic heterocycles. The fourth-order valence-corrected chi connectivity index (χ4v) is 4.79. The van der Waals surface area contributed by atoms with Crippen molar-refractivity contribution in [2.24, 2.45) is 5.92 Å². The van der Waals surface area contributed by atoms with Gasteiger partial charge in [-0.05, 0) is 60.9 Å². The van der Waals surface area contributed by atoms with E-state index in [0.717, 1.165) is 48.0 Å². The van der Waals surface area contributed by atoms with Crippen LogP contribution in [0.3, 0.4) is 0 Å². The van der Waals surface area contributed by atoms with Gasteiger partial charge in [0.2, 0.25) is 5.91 Å². The van der Waals surface area contributed by atoms with Gasteiger partial charge in [-0.25, -0.2) is 4.68 Å². The molecule has 0 spiro atoms. The van der Waals surface area contributed by atoms with Gasteiger partial charge >= 0.3 is 0 Å². The van der Waals surface area contributed by atoms with Crippen LogP contribution in [-0.4, -0.2) is 37.1 Å². The van der Waals surface area contributed by atoms with Crippen LogP contribution < -0.4 is 5.32 Å². The van der Waals surface area contributed by atoms with Crippen LogP contribution in [0.1, 0.15) is 38.2 Å². The first-order valence-electron chi connectivity index (χ1n) is 11.3. The van der Waals surface area contributed by atoms with Gasteiger partial charge in [0.05, 0.1) is 23.6 Å². The lowest BCUT2D eigenvalue weighted by Gasteiger charge is -2.14. The van der Waals surface area contributed by atoms with E-state index in [9.17, 15) is 4.79 Å². The number of H-pyrrole nitrogens is 1. The summed E-state index contributed by atoms with van der Waals surface area (Å²) in [6.45, 7) is 4.85. The summed E-state index contributed by atoms with van der Waals surface area (Å²) in [5.74, 6) is 0.639. The van der Waals surface area contributed by atoms with Crippen LogP contribution in [0.4, 0.5) is 0 Å². The van der Waals surface area contributed by atoms with Crippen molar-refractivity contribution in [2.45, 2.75) is 52.1 Å². The van der Waals surface area contributed by atoms with Crippen LogP contribution in [0.2, 0.25) is 0 Å². The van der Waals surface area contributed by atoms with Gasteiger partial charge < -0.3 is 5.32 Å². The van der Waals surface area contributed by atoms with E-state index in [2.05, 4.69) is 69.1 Å². The SMILES string of the molecule is CCC(=O)N[C@H]1CCC(Cn2nncc2-c2ccc(-c3cc4cn[nH]c4cc3C)cc2)C1. The summed E-state index contributed by atoms with van der Waals surface area (Å²) in [6.07, 6.45) is 7.37. The molecule has 0 aliphatic heterocycles. The molecule has 1 amide bonds. The van der Waals surface area contributed by atoms with Gasteiger partial charge in [-0.15, -0.1) is 5.10 Å². The van der Waals surface area contributed by atoms with Crippen molar-refractivity contribution in [3.8, 4) is 22.4 Å². The summed E-state index contributed by atoms with van der Waals surface area (Å²) >= 11 is 0. The molecule has 1 fully saturated rings. The third-order valence-electron chi connectivity index (χ3n) is 6.55. The van der Waals surface area contributed by atoms with Crippen LogP contribution in [0, 0.1) is 12.8 Å². The van der Waals surface area contributed by atoms with Crippen molar-refractivity contribution < 1.29 is 4.79 Å². The molecule has 1 aliphatic carbocycles. The highest BCUT2D eigenvalue weighted by Gasteiger charge is 2.26. The zero-order chi connectivity index (χ0) is 22.1. The Morgan fingerprint density at radius 1 is 1.16 bits per heavy atom. The van der Waals surface area contributed by atoms with Gasteiger partial charge in [0.15, 0.2) is 0 Å². The largest absolute Gasteiger partial charge is 0.353 e. The highest BCUT2D eigenvalue weighted by molar-refractivity contribution is 5.86. The molecular formula is C25H28N6O. The molecule has 2 heterocycles. The maximum absolute atomic E-state index is 11.7. The number of carbonyl (C=O) groups excluding carboxylic acids is 1. The predicted molar refractivity (Wildman–Crippen MR) is 125 cm³/mol. The average molecular weight is 429 g/mol. The van der Waals surface area contributed by atoms with E-state index in [1.807, 2.05) is 24.0 Å². The minimum atomic E-state index is 0.138. The molecule has 7 nitrogen and oxygen atoms in total.